The molecule has 0 unspecified atom stereocenters. The van der Waals surface area contributed by atoms with Crippen LogP contribution in [0.5, 0.6) is 5.75 Å². The maximum absolute atomic E-state index is 11.8. The first-order valence-corrected chi connectivity index (χ1v) is 7.10. The summed E-state index contributed by atoms with van der Waals surface area (Å²) in [5.41, 5.74) is 5.04. The molecule has 108 valence electrons. The number of ether oxygens (including phenoxy) is 1. The van der Waals surface area contributed by atoms with E-state index in [9.17, 15) is 4.79 Å². The average molecular weight is 358 g/mol. The standard InChI is InChI=1S/C13H16BrN3O2S/c1-3-7-15-13(20)17-16-12(18)9(2)19-11-6-4-5-10(14)8-11/h3-6,8-9H,1,7H2,2H3,(H,16,18)(H2,15,17,20)/t9-/m1/s1. The Hall–Kier alpha value is -1.60. The van der Waals surface area contributed by atoms with E-state index in [4.69, 9.17) is 17.0 Å². The van der Waals surface area contributed by atoms with Gasteiger partial charge in [-0.25, -0.2) is 0 Å². The molecule has 0 bridgehead atoms. The Morgan fingerprint density at radius 1 is 1.55 bits per heavy atom. The van der Waals surface area contributed by atoms with Gasteiger partial charge in [-0.3, -0.25) is 15.6 Å². The van der Waals surface area contributed by atoms with Crippen molar-refractivity contribution in [3.05, 3.63) is 41.4 Å². The summed E-state index contributed by atoms with van der Waals surface area (Å²) >= 11 is 8.28. The lowest BCUT2D eigenvalue weighted by Gasteiger charge is -2.16. The number of hydrogen-bond donors (Lipinski definition) is 3. The molecule has 0 fully saturated rings. The maximum Gasteiger partial charge on any atom is 0.279 e. The van der Waals surface area contributed by atoms with Crippen LogP contribution in [0, 0.1) is 0 Å². The summed E-state index contributed by atoms with van der Waals surface area (Å²) in [7, 11) is 0. The zero-order chi connectivity index (χ0) is 15.0. The predicted octanol–water partition coefficient (Wildman–Crippen LogP) is 1.90. The minimum absolute atomic E-state index is 0.313. The fourth-order valence-corrected chi connectivity index (χ4v) is 1.74. The molecule has 0 aliphatic heterocycles. The monoisotopic (exact) mass is 357 g/mol. The fraction of sp³-hybridized carbons (Fsp3) is 0.231. The second-order valence-electron chi connectivity index (χ2n) is 3.83. The van der Waals surface area contributed by atoms with Crippen LogP contribution in [-0.4, -0.2) is 23.7 Å². The number of thiocarbonyl (C=S) groups is 1. The summed E-state index contributed by atoms with van der Waals surface area (Å²) in [4.78, 5) is 11.8. The van der Waals surface area contributed by atoms with Gasteiger partial charge in [-0.1, -0.05) is 28.1 Å². The van der Waals surface area contributed by atoms with Crippen LogP contribution in [0.15, 0.2) is 41.4 Å². The van der Waals surface area contributed by atoms with Crippen molar-refractivity contribution < 1.29 is 9.53 Å². The highest BCUT2D eigenvalue weighted by Crippen LogP contribution is 2.18. The van der Waals surface area contributed by atoms with Crippen molar-refractivity contribution in [1.29, 1.82) is 0 Å². The summed E-state index contributed by atoms with van der Waals surface area (Å²) in [5, 5.41) is 3.14. The number of benzene rings is 1. The van der Waals surface area contributed by atoms with E-state index in [0.29, 0.717) is 17.4 Å². The first-order chi connectivity index (χ1) is 9.52. The van der Waals surface area contributed by atoms with Crippen molar-refractivity contribution >= 4 is 39.2 Å². The summed E-state index contributed by atoms with van der Waals surface area (Å²) in [6, 6.07) is 7.27. The van der Waals surface area contributed by atoms with Gasteiger partial charge in [0.05, 0.1) is 0 Å². The highest BCUT2D eigenvalue weighted by atomic mass is 79.9. The van der Waals surface area contributed by atoms with Crippen LogP contribution >= 0.6 is 28.1 Å². The van der Waals surface area contributed by atoms with E-state index < -0.39 is 6.10 Å². The predicted molar refractivity (Wildman–Crippen MR) is 86.3 cm³/mol. The number of amides is 1. The van der Waals surface area contributed by atoms with Gasteiger partial charge in [0.25, 0.3) is 5.91 Å². The first-order valence-electron chi connectivity index (χ1n) is 5.89. The third-order valence-corrected chi connectivity index (χ3v) is 2.92. The van der Waals surface area contributed by atoms with Crippen molar-refractivity contribution in [2.75, 3.05) is 6.54 Å². The third kappa shape index (κ3) is 6.03. The lowest BCUT2D eigenvalue weighted by Crippen LogP contribution is -2.50. The van der Waals surface area contributed by atoms with E-state index in [1.807, 2.05) is 12.1 Å². The van der Waals surface area contributed by atoms with Crippen molar-refractivity contribution in [2.45, 2.75) is 13.0 Å². The van der Waals surface area contributed by atoms with Crippen LogP contribution in [0.1, 0.15) is 6.92 Å². The van der Waals surface area contributed by atoms with Gasteiger partial charge in [0.1, 0.15) is 5.75 Å². The van der Waals surface area contributed by atoms with Gasteiger partial charge in [-0.15, -0.1) is 6.58 Å². The fourth-order valence-electron chi connectivity index (χ4n) is 1.23. The maximum atomic E-state index is 11.8. The normalized spacial score (nSPS) is 11.1. The molecule has 20 heavy (non-hydrogen) atoms. The van der Waals surface area contributed by atoms with Crippen LogP contribution in [0.25, 0.3) is 0 Å². The summed E-state index contributed by atoms with van der Waals surface area (Å²) in [6.45, 7) is 5.72. The van der Waals surface area contributed by atoms with Crippen LogP contribution < -0.4 is 20.9 Å². The molecule has 5 nitrogen and oxygen atoms in total. The summed E-state index contributed by atoms with van der Waals surface area (Å²) in [6.07, 6.45) is 1.01. The molecular formula is C13H16BrN3O2S. The number of carbonyl (C=O) groups is 1. The van der Waals surface area contributed by atoms with Gasteiger partial charge in [0, 0.05) is 11.0 Å². The molecule has 1 amide bonds. The Balaban J connectivity index is 2.39. The smallest absolute Gasteiger partial charge is 0.279 e. The Morgan fingerprint density at radius 3 is 2.95 bits per heavy atom. The molecule has 7 heteroatoms. The highest BCUT2D eigenvalue weighted by Gasteiger charge is 2.14. The molecule has 0 spiro atoms. The van der Waals surface area contributed by atoms with Gasteiger partial charge >= 0.3 is 0 Å². The SMILES string of the molecule is C=CCNC(=S)NNC(=O)[C@@H](C)Oc1cccc(Br)c1. The molecule has 1 atom stereocenters. The van der Waals surface area contributed by atoms with E-state index in [1.165, 1.54) is 0 Å². The lowest BCUT2D eigenvalue weighted by atomic mass is 10.3. The number of nitrogens with one attached hydrogen (secondary N) is 3. The quantitative estimate of drug-likeness (QED) is 0.426. The number of rotatable bonds is 5. The van der Waals surface area contributed by atoms with Gasteiger partial charge in [-0.05, 0) is 37.3 Å². The molecule has 1 aromatic rings. The Bertz CT molecular complexity index is 496. The molecule has 0 aliphatic carbocycles. The highest BCUT2D eigenvalue weighted by molar-refractivity contribution is 9.10. The van der Waals surface area contributed by atoms with Gasteiger partial charge in [0.2, 0.25) is 0 Å². The lowest BCUT2D eigenvalue weighted by molar-refractivity contribution is -0.127. The van der Waals surface area contributed by atoms with E-state index in [0.717, 1.165) is 4.47 Å². The molecule has 0 aromatic heterocycles. The molecule has 1 aromatic carbocycles. The van der Waals surface area contributed by atoms with Crippen LogP contribution in [0.3, 0.4) is 0 Å². The number of carbonyl (C=O) groups excluding carboxylic acids is 1. The number of hydrogen-bond acceptors (Lipinski definition) is 3. The van der Waals surface area contributed by atoms with Gasteiger partial charge in [0.15, 0.2) is 11.2 Å². The molecule has 1 rings (SSSR count). The summed E-state index contributed by atoms with van der Waals surface area (Å²) < 4.78 is 6.39. The Morgan fingerprint density at radius 2 is 2.30 bits per heavy atom. The molecule has 0 saturated heterocycles. The topological polar surface area (TPSA) is 62.4 Å². The van der Waals surface area contributed by atoms with E-state index in [-0.39, 0.29) is 5.91 Å². The molecule has 3 N–H and O–H groups in total. The van der Waals surface area contributed by atoms with E-state index in [2.05, 4.69) is 38.7 Å². The van der Waals surface area contributed by atoms with Crippen molar-refractivity contribution in [1.82, 2.24) is 16.2 Å². The third-order valence-electron chi connectivity index (χ3n) is 2.18. The minimum atomic E-state index is -0.654. The van der Waals surface area contributed by atoms with Crippen LogP contribution in [0.4, 0.5) is 0 Å². The molecule has 0 radical (unpaired) electrons. The van der Waals surface area contributed by atoms with Crippen LogP contribution in [-0.2, 0) is 4.79 Å². The second-order valence-corrected chi connectivity index (χ2v) is 5.15. The molecule has 0 aliphatic rings. The molecular weight excluding hydrogens is 342 g/mol. The first kappa shape index (κ1) is 16.5. The van der Waals surface area contributed by atoms with E-state index in [1.54, 1.807) is 25.1 Å². The number of halogens is 1. The Kier molecular flexibility index (Phi) is 7.03. The van der Waals surface area contributed by atoms with E-state index >= 15 is 0 Å². The average Bonchev–Trinajstić information content (AvgIpc) is 2.42. The second kappa shape index (κ2) is 8.55. The van der Waals surface area contributed by atoms with Crippen molar-refractivity contribution in [2.24, 2.45) is 0 Å². The van der Waals surface area contributed by atoms with Crippen molar-refractivity contribution in [3.8, 4) is 5.75 Å². The molecule has 0 saturated carbocycles. The minimum Gasteiger partial charge on any atom is -0.481 e. The number of hydrazine groups is 1. The van der Waals surface area contributed by atoms with Crippen LogP contribution in [0.2, 0.25) is 0 Å². The Labute approximate surface area is 131 Å². The van der Waals surface area contributed by atoms with Gasteiger partial charge in [-0.2, -0.15) is 0 Å². The van der Waals surface area contributed by atoms with Gasteiger partial charge < -0.3 is 10.1 Å². The zero-order valence-corrected chi connectivity index (χ0v) is 13.4. The molecule has 0 heterocycles. The van der Waals surface area contributed by atoms with Crippen molar-refractivity contribution in [3.63, 3.8) is 0 Å². The summed E-state index contributed by atoms with van der Waals surface area (Å²) in [5.74, 6) is 0.280. The largest absolute Gasteiger partial charge is 0.481 e. The zero-order valence-electron chi connectivity index (χ0n) is 11.0.